The van der Waals surface area contributed by atoms with Crippen LogP contribution in [0, 0.1) is 0 Å². The molecule has 2 N–H and O–H groups in total. The van der Waals surface area contributed by atoms with Crippen LogP contribution in [0.3, 0.4) is 0 Å². The number of hydrogen-bond donors (Lipinski definition) is 2. The fourth-order valence-electron chi connectivity index (χ4n) is 2.85. The summed E-state index contributed by atoms with van der Waals surface area (Å²) in [5.74, 6) is 0.960. The minimum atomic E-state index is 0.0122. The Morgan fingerprint density at radius 3 is 3.10 bits per heavy atom. The second-order valence-corrected chi connectivity index (χ2v) is 5.27. The van der Waals surface area contributed by atoms with Crippen molar-refractivity contribution in [3.8, 4) is 0 Å². The first kappa shape index (κ1) is 13.1. The number of nitrogens with one attached hydrogen (secondary N) is 1. The molecule has 2 heterocycles. The van der Waals surface area contributed by atoms with E-state index < -0.39 is 0 Å². The molecule has 1 amide bonds. The van der Waals surface area contributed by atoms with Crippen LogP contribution >= 0.6 is 0 Å². The van der Waals surface area contributed by atoms with E-state index in [0.717, 1.165) is 36.2 Å². The topological polar surface area (TPSA) is 69.2 Å². The fourth-order valence-corrected chi connectivity index (χ4v) is 2.85. The van der Waals surface area contributed by atoms with Crippen molar-refractivity contribution in [3.63, 3.8) is 0 Å². The molecule has 1 saturated heterocycles. The highest BCUT2D eigenvalue weighted by Crippen LogP contribution is 2.18. The van der Waals surface area contributed by atoms with Gasteiger partial charge in [-0.15, -0.1) is 0 Å². The Hall–Kier alpha value is -1.88. The molecule has 1 aromatic carbocycles. The van der Waals surface area contributed by atoms with Crippen LogP contribution in [-0.2, 0) is 11.2 Å². The van der Waals surface area contributed by atoms with Crippen molar-refractivity contribution in [1.82, 2.24) is 14.9 Å². The van der Waals surface area contributed by atoms with E-state index in [-0.39, 0.29) is 18.6 Å². The first-order valence-corrected chi connectivity index (χ1v) is 7.12. The molecule has 1 aromatic heterocycles. The Labute approximate surface area is 117 Å². The Bertz CT molecular complexity index is 575. The van der Waals surface area contributed by atoms with Gasteiger partial charge in [-0.2, -0.15) is 0 Å². The summed E-state index contributed by atoms with van der Waals surface area (Å²) in [4.78, 5) is 21.7. The summed E-state index contributed by atoms with van der Waals surface area (Å²) in [5, 5.41) is 9.25. The second-order valence-electron chi connectivity index (χ2n) is 5.27. The summed E-state index contributed by atoms with van der Waals surface area (Å²) >= 11 is 0. The van der Waals surface area contributed by atoms with Gasteiger partial charge < -0.3 is 15.0 Å². The third-order valence-electron chi connectivity index (χ3n) is 3.92. The molecule has 0 spiro atoms. The maximum Gasteiger partial charge on any atom is 0.223 e. The molecule has 5 nitrogen and oxygen atoms in total. The molecule has 0 bridgehead atoms. The number of aromatic amines is 1. The lowest BCUT2D eigenvalue weighted by Crippen LogP contribution is -2.37. The minimum absolute atomic E-state index is 0.0122. The largest absolute Gasteiger partial charge is 0.394 e. The predicted octanol–water partition coefficient (Wildman–Crippen LogP) is 1.48. The Kier molecular flexibility index (Phi) is 3.69. The lowest BCUT2D eigenvalue weighted by molar-refractivity contribution is -0.132. The Morgan fingerprint density at radius 2 is 2.30 bits per heavy atom. The molecule has 0 aliphatic carbocycles. The van der Waals surface area contributed by atoms with E-state index in [1.807, 2.05) is 29.2 Å². The van der Waals surface area contributed by atoms with Crippen LogP contribution in [0.2, 0.25) is 0 Å². The van der Waals surface area contributed by atoms with E-state index in [1.165, 1.54) is 0 Å². The van der Waals surface area contributed by atoms with E-state index in [4.69, 9.17) is 0 Å². The molecule has 1 aliphatic heterocycles. The normalized spacial score (nSPS) is 18.9. The SMILES string of the molecule is O=C(CCc1nc2ccccc2[nH]1)N1CCCC1CO. The van der Waals surface area contributed by atoms with Gasteiger partial charge in [0.2, 0.25) is 5.91 Å². The molecular weight excluding hydrogens is 254 g/mol. The van der Waals surface area contributed by atoms with Gasteiger partial charge in [0.15, 0.2) is 0 Å². The van der Waals surface area contributed by atoms with Crippen LogP contribution in [0.4, 0.5) is 0 Å². The van der Waals surface area contributed by atoms with Gasteiger partial charge in [0.05, 0.1) is 23.7 Å². The first-order valence-electron chi connectivity index (χ1n) is 7.12. The number of amides is 1. The lowest BCUT2D eigenvalue weighted by Gasteiger charge is -2.22. The van der Waals surface area contributed by atoms with E-state index in [9.17, 15) is 9.90 Å². The number of fused-ring (bicyclic) bond motifs is 1. The molecule has 3 rings (SSSR count). The number of hydrogen-bond acceptors (Lipinski definition) is 3. The van der Waals surface area contributed by atoms with Gasteiger partial charge in [0.25, 0.3) is 0 Å². The summed E-state index contributed by atoms with van der Waals surface area (Å²) in [6.45, 7) is 0.834. The molecule has 106 valence electrons. The fraction of sp³-hybridized carbons (Fsp3) is 0.467. The van der Waals surface area contributed by atoms with Crippen molar-refractivity contribution < 1.29 is 9.90 Å². The van der Waals surface area contributed by atoms with Gasteiger partial charge >= 0.3 is 0 Å². The monoisotopic (exact) mass is 273 g/mol. The average Bonchev–Trinajstić information content (AvgIpc) is 3.10. The molecule has 0 radical (unpaired) electrons. The summed E-state index contributed by atoms with van der Waals surface area (Å²) in [6, 6.07) is 7.87. The molecule has 0 saturated carbocycles. The highest BCUT2D eigenvalue weighted by Gasteiger charge is 2.27. The Morgan fingerprint density at radius 1 is 1.45 bits per heavy atom. The minimum Gasteiger partial charge on any atom is -0.394 e. The molecule has 1 fully saturated rings. The van der Waals surface area contributed by atoms with Crippen LogP contribution in [0.5, 0.6) is 0 Å². The number of H-pyrrole nitrogens is 1. The van der Waals surface area contributed by atoms with E-state index in [1.54, 1.807) is 0 Å². The van der Waals surface area contributed by atoms with Crippen LogP contribution in [-0.4, -0.2) is 45.1 Å². The highest BCUT2D eigenvalue weighted by atomic mass is 16.3. The quantitative estimate of drug-likeness (QED) is 0.886. The van der Waals surface area contributed by atoms with Gasteiger partial charge in [-0.3, -0.25) is 4.79 Å². The highest BCUT2D eigenvalue weighted by molar-refractivity contribution is 5.78. The number of nitrogens with zero attached hydrogens (tertiary/aromatic N) is 2. The van der Waals surface area contributed by atoms with Gasteiger partial charge in [-0.05, 0) is 25.0 Å². The van der Waals surface area contributed by atoms with Gasteiger partial charge in [-0.1, -0.05) is 12.1 Å². The number of aryl methyl sites for hydroxylation is 1. The number of para-hydroxylation sites is 2. The predicted molar refractivity (Wildman–Crippen MR) is 76.2 cm³/mol. The van der Waals surface area contributed by atoms with Crippen LogP contribution in [0.1, 0.15) is 25.1 Å². The third kappa shape index (κ3) is 2.54. The van der Waals surface area contributed by atoms with Crippen LogP contribution < -0.4 is 0 Å². The number of benzene rings is 1. The summed E-state index contributed by atoms with van der Waals surface area (Å²) in [6.07, 6.45) is 2.95. The standard InChI is InChI=1S/C15H19N3O2/c19-10-11-4-3-9-18(11)15(20)8-7-14-16-12-5-1-2-6-13(12)17-14/h1-2,5-6,11,19H,3-4,7-10H2,(H,16,17). The maximum absolute atomic E-state index is 12.2. The average molecular weight is 273 g/mol. The van der Waals surface area contributed by atoms with Gasteiger partial charge in [0.1, 0.15) is 5.82 Å². The van der Waals surface area contributed by atoms with Crippen LogP contribution in [0.15, 0.2) is 24.3 Å². The van der Waals surface area contributed by atoms with E-state index >= 15 is 0 Å². The van der Waals surface area contributed by atoms with Crippen molar-refractivity contribution in [2.45, 2.75) is 31.7 Å². The number of rotatable bonds is 4. The number of carbonyl (C=O) groups excluding carboxylic acids is 1. The van der Waals surface area contributed by atoms with E-state index in [2.05, 4.69) is 9.97 Å². The maximum atomic E-state index is 12.2. The number of aromatic nitrogens is 2. The first-order chi connectivity index (χ1) is 9.78. The smallest absolute Gasteiger partial charge is 0.223 e. The number of aliphatic hydroxyl groups excluding tert-OH is 1. The van der Waals surface area contributed by atoms with Crippen LogP contribution in [0.25, 0.3) is 11.0 Å². The number of likely N-dealkylation sites (tertiary alicyclic amines) is 1. The molecule has 5 heteroatoms. The molecule has 2 aromatic rings. The Balaban J connectivity index is 1.62. The van der Waals surface area contributed by atoms with Crippen molar-refractivity contribution in [1.29, 1.82) is 0 Å². The molecule has 1 atom stereocenters. The summed E-state index contributed by atoms with van der Waals surface area (Å²) in [7, 11) is 0. The van der Waals surface area contributed by atoms with Crippen molar-refractivity contribution in [2.24, 2.45) is 0 Å². The lowest BCUT2D eigenvalue weighted by atomic mass is 10.2. The van der Waals surface area contributed by atoms with Crippen molar-refractivity contribution in [2.75, 3.05) is 13.2 Å². The zero-order valence-corrected chi connectivity index (χ0v) is 11.4. The van der Waals surface area contributed by atoms with E-state index in [0.29, 0.717) is 12.8 Å². The third-order valence-corrected chi connectivity index (χ3v) is 3.92. The number of aliphatic hydroxyl groups is 1. The van der Waals surface area contributed by atoms with Gasteiger partial charge in [0, 0.05) is 19.4 Å². The molecule has 1 unspecified atom stereocenters. The second kappa shape index (κ2) is 5.63. The number of imidazole rings is 1. The number of carbonyl (C=O) groups is 1. The molecule has 1 aliphatic rings. The van der Waals surface area contributed by atoms with Gasteiger partial charge in [-0.25, -0.2) is 4.98 Å². The molecular formula is C15H19N3O2. The zero-order chi connectivity index (χ0) is 13.9. The summed E-state index contributed by atoms with van der Waals surface area (Å²) in [5.41, 5.74) is 1.94. The summed E-state index contributed by atoms with van der Waals surface area (Å²) < 4.78 is 0. The van der Waals surface area contributed by atoms with Crippen molar-refractivity contribution >= 4 is 16.9 Å². The molecule has 20 heavy (non-hydrogen) atoms. The zero-order valence-electron chi connectivity index (χ0n) is 11.4. The van der Waals surface area contributed by atoms with Crippen molar-refractivity contribution in [3.05, 3.63) is 30.1 Å².